The Bertz CT molecular complexity index is 529. The van der Waals surface area contributed by atoms with Crippen molar-refractivity contribution in [2.24, 2.45) is 11.7 Å². The molecular weight excluding hydrogens is 292 g/mol. The van der Waals surface area contributed by atoms with Gasteiger partial charge in [0.2, 0.25) is 11.8 Å². The predicted octanol–water partition coefficient (Wildman–Crippen LogP) is 0.464. The minimum absolute atomic E-state index is 0.0379. The number of nitrogens with two attached hydrogens (primary N) is 1. The first kappa shape index (κ1) is 19.1. The van der Waals surface area contributed by atoms with Crippen molar-refractivity contribution in [3.05, 3.63) is 35.4 Å². The van der Waals surface area contributed by atoms with E-state index in [2.05, 4.69) is 15.5 Å². The molecule has 0 bridgehead atoms. The summed E-state index contributed by atoms with van der Waals surface area (Å²) in [4.78, 5) is 25.7. The van der Waals surface area contributed by atoms with Gasteiger partial charge in [0.25, 0.3) is 0 Å². The molecule has 0 spiro atoms. The van der Waals surface area contributed by atoms with Gasteiger partial charge in [-0.2, -0.15) is 0 Å². The summed E-state index contributed by atoms with van der Waals surface area (Å²) >= 11 is 0. The van der Waals surface area contributed by atoms with Crippen LogP contribution >= 0.6 is 0 Å². The predicted molar refractivity (Wildman–Crippen MR) is 91.5 cm³/mol. The van der Waals surface area contributed by atoms with Gasteiger partial charge in [-0.3, -0.25) is 9.59 Å². The van der Waals surface area contributed by atoms with E-state index in [4.69, 9.17) is 5.73 Å². The van der Waals surface area contributed by atoms with Crippen LogP contribution in [0.3, 0.4) is 0 Å². The van der Waals surface area contributed by atoms with E-state index >= 15 is 0 Å². The van der Waals surface area contributed by atoms with Crippen LogP contribution in [-0.4, -0.2) is 43.4 Å². The van der Waals surface area contributed by atoms with E-state index in [1.165, 1.54) is 5.56 Å². The summed E-state index contributed by atoms with van der Waals surface area (Å²) in [6.07, 6.45) is 0. The topological polar surface area (TPSA) is 87.5 Å². The highest BCUT2D eigenvalue weighted by molar-refractivity contribution is 5.87. The van der Waals surface area contributed by atoms with Gasteiger partial charge >= 0.3 is 0 Å². The normalized spacial score (nSPS) is 12.3. The molecule has 0 aliphatic rings. The molecule has 1 rings (SSSR count). The molecule has 1 aromatic rings. The minimum Gasteiger partial charge on any atom is -0.350 e. The highest BCUT2D eigenvalue weighted by Crippen LogP contribution is 2.10. The monoisotopic (exact) mass is 320 g/mol. The van der Waals surface area contributed by atoms with Crippen LogP contribution in [0.5, 0.6) is 0 Å². The van der Waals surface area contributed by atoms with E-state index in [0.717, 1.165) is 12.1 Å². The Hall–Kier alpha value is -1.92. The fraction of sp³-hybridized carbons (Fsp3) is 0.529. The number of carbonyl (C=O) groups is 2. The number of hydrogen-bond donors (Lipinski definition) is 3. The first-order chi connectivity index (χ1) is 10.8. The van der Waals surface area contributed by atoms with Gasteiger partial charge in [-0.15, -0.1) is 0 Å². The third kappa shape index (κ3) is 6.80. The van der Waals surface area contributed by atoms with Crippen LogP contribution in [0.15, 0.2) is 24.3 Å². The van der Waals surface area contributed by atoms with E-state index in [0.29, 0.717) is 6.54 Å². The molecule has 6 heteroatoms. The second kappa shape index (κ2) is 9.27. The Labute approximate surface area is 138 Å². The van der Waals surface area contributed by atoms with Crippen LogP contribution in [0, 0.1) is 5.92 Å². The van der Waals surface area contributed by atoms with E-state index in [9.17, 15) is 9.59 Å². The van der Waals surface area contributed by atoms with E-state index in [1.54, 1.807) is 0 Å². The summed E-state index contributed by atoms with van der Waals surface area (Å²) in [6, 6.07) is 7.38. The summed E-state index contributed by atoms with van der Waals surface area (Å²) in [7, 11) is 4.01. The van der Waals surface area contributed by atoms with Crippen molar-refractivity contribution in [2.45, 2.75) is 33.0 Å². The van der Waals surface area contributed by atoms with Crippen LogP contribution in [0.2, 0.25) is 0 Å². The molecule has 6 nitrogen and oxygen atoms in total. The van der Waals surface area contributed by atoms with Crippen molar-refractivity contribution >= 4 is 11.8 Å². The van der Waals surface area contributed by atoms with Crippen LogP contribution < -0.4 is 16.4 Å². The first-order valence-corrected chi connectivity index (χ1v) is 7.82. The zero-order valence-corrected chi connectivity index (χ0v) is 14.4. The Morgan fingerprint density at radius 2 is 1.74 bits per heavy atom. The largest absolute Gasteiger partial charge is 0.350 e. The Morgan fingerprint density at radius 1 is 1.13 bits per heavy atom. The fourth-order valence-electron chi connectivity index (χ4n) is 2.07. The van der Waals surface area contributed by atoms with Gasteiger partial charge in [-0.25, -0.2) is 0 Å². The highest BCUT2D eigenvalue weighted by Gasteiger charge is 2.17. The van der Waals surface area contributed by atoms with Gasteiger partial charge in [0.15, 0.2) is 0 Å². The van der Waals surface area contributed by atoms with Crippen molar-refractivity contribution < 1.29 is 9.59 Å². The second-order valence-electron chi connectivity index (χ2n) is 6.27. The molecular formula is C17H28N4O2. The average Bonchev–Trinajstić information content (AvgIpc) is 2.50. The molecule has 128 valence electrons. The Balaban J connectivity index is 2.46. The average molecular weight is 320 g/mol. The Morgan fingerprint density at radius 3 is 2.30 bits per heavy atom. The molecule has 0 aliphatic carbocycles. The first-order valence-electron chi connectivity index (χ1n) is 7.82. The maximum atomic E-state index is 11.9. The molecule has 0 fully saturated rings. The van der Waals surface area contributed by atoms with Gasteiger partial charge in [-0.1, -0.05) is 38.1 Å². The van der Waals surface area contributed by atoms with Crippen molar-refractivity contribution in [3.8, 4) is 0 Å². The van der Waals surface area contributed by atoms with E-state index in [1.807, 2.05) is 52.2 Å². The molecule has 4 N–H and O–H groups in total. The molecule has 1 atom stereocenters. The number of benzene rings is 1. The molecule has 0 aliphatic heterocycles. The minimum atomic E-state index is -0.594. The maximum absolute atomic E-state index is 11.9. The number of rotatable bonds is 8. The van der Waals surface area contributed by atoms with Gasteiger partial charge in [0.1, 0.15) is 0 Å². The molecule has 2 amide bonds. The standard InChI is InChI=1S/C17H28N4O2/c1-12(2)16(18)17(23)20-10-15(22)19-9-13-7-5-6-8-14(13)11-21(3)4/h5-8,12,16H,9-11,18H2,1-4H3,(H,19,22)(H,20,23)/t16-/m0/s1. The number of nitrogens with zero attached hydrogens (tertiary/aromatic N) is 1. The third-order valence-electron chi connectivity index (χ3n) is 3.53. The SMILES string of the molecule is CC(C)[C@H](N)C(=O)NCC(=O)NCc1ccccc1CN(C)C. The van der Waals surface area contributed by atoms with Gasteiger partial charge < -0.3 is 21.3 Å². The van der Waals surface area contributed by atoms with Crippen LogP contribution in [-0.2, 0) is 22.7 Å². The molecule has 0 aromatic heterocycles. The van der Waals surface area contributed by atoms with Crippen LogP contribution in [0.25, 0.3) is 0 Å². The van der Waals surface area contributed by atoms with Crippen molar-refractivity contribution in [2.75, 3.05) is 20.6 Å². The zero-order valence-electron chi connectivity index (χ0n) is 14.4. The molecule has 1 aromatic carbocycles. The lowest BCUT2D eigenvalue weighted by Gasteiger charge is -2.16. The summed E-state index contributed by atoms with van der Waals surface area (Å²) in [5.41, 5.74) is 7.97. The lowest BCUT2D eigenvalue weighted by molar-refractivity contribution is -0.127. The van der Waals surface area contributed by atoms with E-state index in [-0.39, 0.29) is 24.3 Å². The Kier molecular flexibility index (Phi) is 7.71. The van der Waals surface area contributed by atoms with Crippen molar-refractivity contribution in [1.82, 2.24) is 15.5 Å². The third-order valence-corrected chi connectivity index (χ3v) is 3.53. The molecule has 0 unspecified atom stereocenters. The lowest BCUT2D eigenvalue weighted by atomic mass is 10.1. The van der Waals surface area contributed by atoms with Gasteiger partial charge in [-0.05, 0) is 31.1 Å². The van der Waals surface area contributed by atoms with Crippen LogP contribution in [0.1, 0.15) is 25.0 Å². The summed E-state index contributed by atoms with van der Waals surface area (Å²) in [5.74, 6) is -0.493. The number of hydrogen-bond acceptors (Lipinski definition) is 4. The van der Waals surface area contributed by atoms with Crippen molar-refractivity contribution in [1.29, 1.82) is 0 Å². The zero-order chi connectivity index (χ0) is 17.4. The van der Waals surface area contributed by atoms with Gasteiger partial charge in [0, 0.05) is 13.1 Å². The summed E-state index contributed by atoms with van der Waals surface area (Å²) < 4.78 is 0. The number of nitrogens with one attached hydrogen (secondary N) is 2. The highest BCUT2D eigenvalue weighted by atomic mass is 16.2. The van der Waals surface area contributed by atoms with E-state index < -0.39 is 6.04 Å². The number of amides is 2. The lowest BCUT2D eigenvalue weighted by Crippen LogP contribution is -2.47. The maximum Gasteiger partial charge on any atom is 0.239 e. The van der Waals surface area contributed by atoms with Crippen molar-refractivity contribution in [3.63, 3.8) is 0 Å². The fourth-order valence-corrected chi connectivity index (χ4v) is 2.07. The summed E-state index contributed by atoms with van der Waals surface area (Å²) in [6.45, 7) is 4.92. The molecule has 0 radical (unpaired) electrons. The smallest absolute Gasteiger partial charge is 0.239 e. The second-order valence-corrected chi connectivity index (χ2v) is 6.27. The quantitative estimate of drug-likeness (QED) is 0.649. The number of carbonyl (C=O) groups excluding carboxylic acids is 2. The molecule has 0 saturated heterocycles. The molecule has 0 heterocycles. The molecule has 0 saturated carbocycles. The van der Waals surface area contributed by atoms with Crippen LogP contribution in [0.4, 0.5) is 0 Å². The van der Waals surface area contributed by atoms with Gasteiger partial charge in [0.05, 0.1) is 12.6 Å². The summed E-state index contributed by atoms with van der Waals surface area (Å²) in [5, 5.41) is 5.39. The molecule has 23 heavy (non-hydrogen) atoms.